The Morgan fingerprint density at radius 2 is 1.61 bits per heavy atom. The third kappa shape index (κ3) is 4.32. The Morgan fingerprint density at radius 1 is 0.957 bits per heavy atom. The molecular formula is C18H20N2O3. The highest BCUT2D eigenvalue weighted by Gasteiger charge is 2.12. The first-order chi connectivity index (χ1) is 11.0. The minimum Gasteiger partial charge on any atom is -0.496 e. The summed E-state index contributed by atoms with van der Waals surface area (Å²) in [5.41, 5.74) is 1.69. The van der Waals surface area contributed by atoms with Crippen LogP contribution in [-0.4, -0.2) is 18.9 Å². The average Bonchev–Trinajstić information content (AvgIpc) is 2.55. The summed E-state index contributed by atoms with van der Waals surface area (Å²) in [5.74, 6) is 0.0593. The predicted octanol–water partition coefficient (Wildman–Crippen LogP) is 3.54. The Kier molecular flexibility index (Phi) is 5.36. The van der Waals surface area contributed by atoms with Crippen LogP contribution < -0.4 is 15.4 Å². The van der Waals surface area contributed by atoms with Crippen molar-refractivity contribution in [3.63, 3.8) is 0 Å². The zero-order chi connectivity index (χ0) is 16.8. The Morgan fingerprint density at radius 3 is 2.26 bits per heavy atom. The summed E-state index contributed by atoms with van der Waals surface area (Å²) >= 11 is 0. The molecule has 0 heterocycles. The van der Waals surface area contributed by atoms with Crippen LogP contribution in [0.5, 0.6) is 5.75 Å². The molecule has 0 fully saturated rings. The van der Waals surface area contributed by atoms with Gasteiger partial charge in [0.1, 0.15) is 5.75 Å². The van der Waals surface area contributed by atoms with Crippen molar-refractivity contribution < 1.29 is 14.3 Å². The number of hydrogen-bond acceptors (Lipinski definition) is 3. The van der Waals surface area contributed by atoms with Crippen LogP contribution in [0, 0.1) is 5.92 Å². The highest BCUT2D eigenvalue weighted by Crippen LogP contribution is 2.21. The molecule has 2 rings (SSSR count). The van der Waals surface area contributed by atoms with E-state index in [1.54, 1.807) is 48.5 Å². The molecule has 0 aromatic heterocycles. The van der Waals surface area contributed by atoms with Gasteiger partial charge in [0.2, 0.25) is 5.91 Å². The SMILES string of the molecule is COc1ccccc1C(=O)Nc1cccc(NC(=O)C(C)C)c1. The van der Waals surface area contributed by atoms with Gasteiger partial charge in [-0.1, -0.05) is 32.0 Å². The molecule has 0 saturated heterocycles. The number of anilines is 2. The summed E-state index contributed by atoms with van der Waals surface area (Å²) in [6.07, 6.45) is 0. The van der Waals surface area contributed by atoms with Gasteiger partial charge in [-0.15, -0.1) is 0 Å². The summed E-state index contributed by atoms with van der Waals surface area (Å²) in [6, 6.07) is 14.0. The molecule has 2 aromatic carbocycles. The molecule has 0 unspecified atom stereocenters. The van der Waals surface area contributed by atoms with Gasteiger partial charge in [-0.2, -0.15) is 0 Å². The molecule has 0 radical (unpaired) electrons. The molecule has 0 saturated carbocycles. The molecule has 0 aliphatic carbocycles. The molecular weight excluding hydrogens is 292 g/mol. The van der Waals surface area contributed by atoms with E-state index in [1.165, 1.54) is 7.11 Å². The normalized spacial score (nSPS) is 10.3. The van der Waals surface area contributed by atoms with Crippen molar-refractivity contribution in [2.24, 2.45) is 5.92 Å². The Hall–Kier alpha value is -2.82. The van der Waals surface area contributed by atoms with Crippen LogP contribution in [0.4, 0.5) is 11.4 Å². The van der Waals surface area contributed by atoms with Gasteiger partial charge < -0.3 is 15.4 Å². The summed E-state index contributed by atoms with van der Waals surface area (Å²) in [6.45, 7) is 3.64. The molecule has 0 aliphatic heterocycles. The lowest BCUT2D eigenvalue weighted by atomic mass is 10.1. The summed E-state index contributed by atoms with van der Waals surface area (Å²) in [4.78, 5) is 24.1. The molecule has 0 bridgehead atoms. The molecule has 2 N–H and O–H groups in total. The van der Waals surface area contributed by atoms with Crippen LogP contribution in [0.1, 0.15) is 24.2 Å². The second-order valence-corrected chi connectivity index (χ2v) is 5.38. The van der Waals surface area contributed by atoms with Crippen LogP contribution in [0.15, 0.2) is 48.5 Å². The summed E-state index contributed by atoms with van der Waals surface area (Å²) < 4.78 is 5.19. The minimum atomic E-state index is -0.269. The third-order valence-electron chi connectivity index (χ3n) is 3.26. The molecule has 2 amide bonds. The number of rotatable bonds is 5. The van der Waals surface area contributed by atoms with E-state index < -0.39 is 0 Å². The Labute approximate surface area is 135 Å². The molecule has 2 aromatic rings. The number of methoxy groups -OCH3 is 1. The van der Waals surface area contributed by atoms with Gasteiger partial charge in [-0.25, -0.2) is 0 Å². The molecule has 0 spiro atoms. The van der Waals surface area contributed by atoms with Crippen LogP contribution >= 0.6 is 0 Å². The van der Waals surface area contributed by atoms with E-state index in [4.69, 9.17) is 4.74 Å². The summed E-state index contributed by atoms with van der Waals surface area (Å²) in [5, 5.41) is 5.61. The molecule has 5 nitrogen and oxygen atoms in total. The fraction of sp³-hybridized carbons (Fsp3) is 0.222. The lowest BCUT2D eigenvalue weighted by Gasteiger charge is -2.11. The molecule has 5 heteroatoms. The first kappa shape index (κ1) is 16.5. The predicted molar refractivity (Wildman–Crippen MR) is 90.9 cm³/mol. The minimum absolute atomic E-state index is 0.0711. The van der Waals surface area contributed by atoms with Crippen molar-refractivity contribution in [3.8, 4) is 5.75 Å². The van der Waals surface area contributed by atoms with Crippen LogP contribution in [0.25, 0.3) is 0 Å². The first-order valence-corrected chi connectivity index (χ1v) is 7.36. The second-order valence-electron chi connectivity index (χ2n) is 5.38. The Balaban J connectivity index is 2.14. The maximum Gasteiger partial charge on any atom is 0.259 e. The highest BCUT2D eigenvalue weighted by atomic mass is 16.5. The van der Waals surface area contributed by atoms with Gasteiger partial charge in [-0.3, -0.25) is 9.59 Å². The quantitative estimate of drug-likeness (QED) is 0.887. The van der Waals surface area contributed by atoms with Crippen molar-refractivity contribution in [1.82, 2.24) is 0 Å². The topological polar surface area (TPSA) is 67.4 Å². The largest absolute Gasteiger partial charge is 0.496 e. The van der Waals surface area contributed by atoms with Gasteiger partial charge in [0.25, 0.3) is 5.91 Å². The van der Waals surface area contributed by atoms with Gasteiger partial charge in [0.15, 0.2) is 0 Å². The smallest absolute Gasteiger partial charge is 0.259 e. The van der Waals surface area contributed by atoms with Gasteiger partial charge in [0, 0.05) is 17.3 Å². The fourth-order valence-corrected chi connectivity index (χ4v) is 1.99. The van der Waals surface area contributed by atoms with Crippen LogP contribution in [0.3, 0.4) is 0 Å². The number of carbonyl (C=O) groups excluding carboxylic acids is 2. The first-order valence-electron chi connectivity index (χ1n) is 7.36. The molecule has 0 atom stereocenters. The van der Waals surface area contributed by atoms with Crippen molar-refractivity contribution in [1.29, 1.82) is 0 Å². The number of carbonyl (C=O) groups is 2. The third-order valence-corrected chi connectivity index (χ3v) is 3.26. The maximum atomic E-state index is 12.4. The van der Waals surface area contributed by atoms with E-state index in [9.17, 15) is 9.59 Å². The van der Waals surface area contributed by atoms with E-state index in [2.05, 4.69) is 10.6 Å². The highest BCUT2D eigenvalue weighted by molar-refractivity contribution is 6.06. The number of para-hydroxylation sites is 1. The number of amides is 2. The Bertz CT molecular complexity index is 711. The maximum absolute atomic E-state index is 12.4. The van der Waals surface area contributed by atoms with E-state index in [0.717, 1.165) is 0 Å². The lowest BCUT2D eigenvalue weighted by Crippen LogP contribution is -2.18. The van der Waals surface area contributed by atoms with Crippen LogP contribution in [-0.2, 0) is 4.79 Å². The number of benzene rings is 2. The lowest BCUT2D eigenvalue weighted by molar-refractivity contribution is -0.118. The average molecular weight is 312 g/mol. The zero-order valence-corrected chi connectivity index (χ0v) is 13.4. The fourth-order valence-electron chi connectivity index (χ4n) is 1.99. The van der Waals surface area contributed by atoms with E-state index in [-0.39, 0.29) is 17.7 Å². The van der Waals surface area contributed by atoms with Gasteiger partial charge in [0.05, 0.1) is 12.7 Å². The monoisotopic (exact) mass is 312 g/mol. The number of nitrogens with one attached hydrogen (secondary N) is 2. The van der Waals surface area contributed by atoms with Gasteiger partial charge >= 0.3 is 0 Å². The summed E-state index contributed by atoms with van der Waals surface area (Å²) in [7, 11) is 1.52. The molecule has 0 aliphatic rings. The van der Waals surface area contributed by atoms with Gasteiger partial charge in [-0.05, 0) is 30.3 Å². The molecule has 120 valence electrons. The zero-order valence-electron chi connectivity index (χ0n) is 13.4. The second kappa shape index (κ2) is 7.45. The van der Waals surface area contributed by atoms with Crippen molar-refractivity contribution in [3.05, 3.63) is 54.1 Å². The molecule has 23 heavy (non-hydrogen) atoms. The standard InChI is InChI=1S/C18H20N2O3/c1-12(2)17(21)19-13-7-6-8-14(11-13)20-18(22)15-9-4-5-10-16(15)23-3/h4-12H,1-3H3,(H,19,21)(H,20,22). The van der Waals surface area contributed by atoms with E-state index in [0.29, 0.717) is 22.7 Å². The number of ether oxygens (including phenoxy) is 1. The van der Waals surface area contributed by atoms with Crippen molar-refractivity contribution in [2.45, 2.75) is 13.8 Å². The number of hydrogen-bond donors (Lipinski definition) is 2. The van der Waals surface area contributed by atoms with Crippen molar-refractivity contribution in [2.75, 3.05) is 17.7 Å². The van der Waals surface area contributed by atoms with Crippen molar-refractivity contribution >= 4 is 23.2 Å². The van der Waals surface area contributed by atoms with E-state index in [1.807, 2.05) is 13.8 Å². The van der Waals surface area contributed by atoms with E-state index >= 15 is 0 Å². The van der Waals surface area contributed by atoms with Crippen LogP contribution in [0.2, 0.25) is 0 Å².